The van der Waals surface area contributed by atoms with Gasteiger partial charge < -0.3 is 5.32 Å². The maximum absolute atomic E-state index is 4.13. The monoisotopic (exact) mass is 178 g/mol. The van der Waals surface area contributed by atoms with E-state index < -0.39 is 0 Å². The molecule has 2 nitrogen and oxygen atoms in total. The Hall–Kier alpha value is -0.890. The molecule has 0 atom stereocenters. The Balaban J connectivity index is 2.69. The second kappa shape index (κ2) is 4.38. The van der Waals surface area contributed by atoms with Crippen molar-refractivity contribution in [3.8, 4) is 0 Å². The third-order valence-corrected chi connectivity index (χ3v) is 2.26. The first-order valence-electron chi connectivity index (χ1n) is 4.78. The summed E-state index contributed by atoms with van der Waals surface area (Å²) >= 11 is 0. The number of nitrogens with one attached hydrogen (secondary N) is 1. The molecule has 0 spiro atoms. The summed E-state index contributed by atoms with van der Waals surface area (Å²) in [4.78, 5) is 4.13. The maximum atomic E-state index is 4.13. The van der Waals surface area contributed by atoms with E-state index in [9.17, 15) is 0 Å². The first-order valence-corrected chi connectivity index (χ1v) is 4.78. The fourth-order valence-corrected chi connectivity index (χ4v) is 1.30. The molecule has 1 rings (SSSR count). The molecule has 0 unspecified atom stereocenters. The number of rotatable bonds is 4. The quantitative estimate of drug-likeness (QED) is 0.762. The van der Waals surface area contributed by atoms with Crippen molar-refractivity contribution in [2.24, 2.45) is 0 Å². The smallest absolute Gasteiger partial charge is 0.0305 e. The Morgan fingerprint density at radius 1 is 1.46 bits per heavy atom. The van der Waals surface area contributed by atoms with Crippen LogP contribution in [0.1, 0.15) is 26.3 Å². The van der Waals surface area contributed by atoms with E-state index in [-0.39, 0.29) is 5.41 Å². The summed E-state index contributed by atoms with van der Waals surface area (Å²) in [6.45, 7) is 8.59. The van der Waals surface area contributed by atoms with Crippen LogP contribution in [0.15, 0.2) is 24.5 Å². The lowest BCUT2D eigenvalue weighted by atomic mass is 9.86. The molecular weight excluding hydrogens is 160 g/mol. The zero-order valence-corrected chi connectivity index (χ0v) is 8.67. The van der Waals surface area contributed by atoms with Crippen molar-refractivity contribution in [1.82, 2.24) is 10.3 Å². The number of nitrogens with zero attached hydrogens (tertiary/aromatic N) is 1. The van der Waals surface area contributed by atoms with E-state index in [1.54, 1.807) is 0 Å². The van der Waals surface area contributed by atoms with Gasteiger partial charge in [0.2, 0.25) is 0 Å². The highest BCUT2D eigenvalue weighted by Crippen LogP contribution is 2.20. The molecule has 13 heavy (non-hydrogen) atoms. The van der Waals surface area contributed by atoms with Crippen molar-refractivity contribution in [2.75, 3.05) is 13.1 Å². The number of pyridine rings is 1. The number of likely N-dealkylation sites (N-methyl/N-ethyl adjacent to an activating group) is 1. The Bertz CT molecular complexity index is 242. The molecule has 1 aromatic heterocycles. The van der Waals surface area contributed by atoms with Crippen LogP contribution in [0.2, 0.25) is 0 Å². The highest BCUT2D eigenvalue weighted by molar-refractivity contribution is 5.19. The van der Waals surface area contributed by atoms with Crippen LogP contribution in [-0.2, 0) is 5.41 Å². The minimum Gasteiger partial charge on any atom is -0.316 e. The van der Waals surface area contributed by atoms with Crippen molar-refractivity contribution >= 4 is 0 Å². The maximum Gasteiger partial charge on any atom is 0.0305 e. The van der Waals surface area contributed by atoms with Crippen molar-refractivity contribution in [2.45, 2.75) is 26.2 Å². The second-order valence-electron chi connectivity index (χ2n) is 3.91. The van der Waals surface area contributed by atoms with Gasteiger partial charge in [0.25, 0.3) is 0 Å². The lowest BCUT2D eigenvalue weighted by Gasteiger charge is -2.24. The van der Waals surface area contributed by atoms with Crippen molar-refractivity contribution in [1.29, 1.82) is 0 Å². The molecule has 1 N–H and O–H groups in total. The van der Waals surface area contributed by atoms with Crippen molar-refractivity contribution in [3.63, 3.8) is 0 Å². The van der Waals surface area contributed by atoms with Gasteiger partial charge in [0.15, 0.2) is 0 Å². The van der Waals surface area contributed by atoms with E-state index in [0.717, 1.165) is 13.1 Å². The van der Waals surface area contributed by atoms with Crippen LogP contribution >= 0.6 is 0 Å². The Kier molecular flexibility index (Phi) is 3.43. The first kappa shape index (κ1) is 10.2. The summed E-state index contributed by atoms with van der Waals surface area (Å²) in [5, 5.41) is 3.36. The molecule has 0 fully saturated rings. The summed E-state index contributed by atoms with van der Waals surface area (Å²) in [6.07, 6.45) is 3.75. The standard InChI is InChI=1S/C11H18N2/c1-4-12-9-11(2,3)10-6-5-7-13-8-10/h5-8,12H,4,9H2,1-3H3. The lowest BCUT2D eigenvalue weighted by molar-refractivity contribution is 0.476. The third-order valence-electron chi connectivity index (χ3n) is 2.26. The van der Waals surface area contributed by atoms with Gasteiger partial charge in [-0.1, -0.05) is 26.8 Å². The van der Waals surface area contributed by atoms with E-state index in [2.05, 4.69) is 37.1 Å². The van der Waals surface area contributed by atoms with Gasteiger partial charge >= 0.3 is 0 Å². The summed E-state index contributed by atoms with van der Waals surface area (Å²) in [7, 11) is 0. The van der Waals surface area contributed by atoms with E-state index in [0.29, 0.717) is 0 Å². The molecule has 1 heterocycles. The molecule has 0 amide bonds. The average molecular weight is 178 g/mol. The first-order chi connectivity index (χ1) is 6.17. The number of hydrogen-bond acceptors (Lipinski definition) is 2. The number of hydrogen-bond donors (Lipinski definition) is 1. The molecule has 0 bridgehead atoms. The van der Waals surface area contributed by atoms with Crippen LogP contribution in [0.25, 0.3) is 0 Å². The summed E-state index contributed by atoms with van der Waals surface area (Å²) in [6, 6.07) is 4.12. The Morgan fingerprint density at radius 3 is 2.77 bits per heavy atom. The highest BCUT2D eigenvalue weighted by Gasteiger charge is 2.19. The van der Waals surface area contributed by atoms with Gasteiger partial charge in [-0.2, -0.15) is 0 Å². The molecule has 0 aliphatic heterocycles. The van der Waals surface area contributed by atoms with E-state index in [1.807, 2.05) is 18.5 Å². The van der Waals surface area contributed by atoms with Gasteiger partial charge in [-0.25, -0.2) is 0 Å². The summed E-state index contributed by atoms with van der Waals surface area (Å²) in [5.74, 6) is 0. The van der Waals surface area contributed by atoms with Gasteiger partial charge in [-0.3, -0.25) is 4.98 Å². The van der Waals surface area contributed by atoms with Crippen LogP contribution in [0, 0.1) is 0 Å². The molecule has 72 valence electrons. The largest absolute Gasteiger partial charge is 0.316 e. The second-order valence-corrected chi connectivity index (χ2v) is 3.91. The van der Waals surface area contributed by atoms with Crippen LogP contribution in [0.3, 0.4) is 0 Å². The molecular formula is C11H18N2. The Labute approximate surface area is 80.4 Å². The molecule has 0 aliphatic rings. The van der Waals surface area contributed by atoms with Gasteiger partial charge in [-0.05, 0) is 18.2 Å². The molecule has 0 aliphatic carbocycles. The van der Waals surface area contributed by atoms with Crippen LogP contribution < -0.4 is 5.32 Å². The fraction of sp³-hybridized carbons (Fsp3) is 0.545. The number of aromatic nitrogens is 1. The Morgan fingerprint density at radius 2 is 2.23 bits per heavy atom. The van der Waals surface area contributed by atoms with E-state index >= 15 is 0 Å². The molecule has 0 saturated carbocycles. The van der Waals surface area contributed by atoms with E-state index in [1.165, 1.54) is 5.56 Å². The summed E-state index contributed by atoms with van der Waals surface area (Å²) in [5.41, 5.74) is 1.46. The zero-order chi connectivity index (χ0) is 9.73. The molecule has 1 aromatic rings. The minimum atomic E-state index is 0.171. The van der Waals surface area contributed by atoms with Crippen LogP contribution in [0.5, 0.6) is 0 Å². The van der Waals surface area contributed by atoms with Gasteiger partial charge in [-0.15, -0.1) is 0 Å². The average Bonchev–Trinajstić information content (AvgIpc) is 2.16. The molecule has 2 heteroatoms. The SMILES string of the molecule is CCNCC(C)(C)c1cccnc1. The molecule has 0 saturated heterocycles. The minimum absolute atomic E-state index is 0.171. The van der Waals surface area contributed by atoms with Gasteiger partial charge in [0, 0.05) is 24.4 Å². The topological polar surface area (TPSA) is 24.9 Å². The molecule has 0 radical (unpaired) electrons. The third kappa shape index (κ3) is 2.81. The van der Waals surface area contributed by atoms with Crippen LogP contribution in [-0.4, -0.2) is 18.1 Å². The predicted octanol–water partition coefficient (Wildman–Crippen LogP) is 1.97. The summed E-state index contributed by atoms with van der Waals surface area (Å²) < 4.78 is 0. The van der Waals surface area contributed by atoms with Crippen molar-refractivity contribution in [3.05, 3.63) is 30.1 Å². The highest BCUT2D eigenvalue weighted by atomic mass is 14.9. The fourth-order valence-electron chi connectivity index (χ4n) is 1.30. The molecule has 0 aromatic carbocycles. The zero-order valence-electron chi connectivity index (χ0n) is 8.67. The van der Waals surface area contributed by atoms with Gasteiger partial charge in [0.05, 0.1) is 0 Å². The van der Waals surface area contributed by atoms with Gasteiger partial charge in [0.1, 0.15) is 0 Å². The van der Waals surface area contributed by atoms with E-state index in [4.69, 9.17) is 0 Å². The predicted molar refractivity (Wildman–Crippen MR) is 55.8 cm³/mol. The normalized spacial score (nSPS) is 11.6. The lowest BCUT2D eigenvalue weighted by Crippen LogP contribution is -2.32. The van der Waals surface area contributed by atoms with Crippen LogP contribution in [0.4, 0.5) is 0 Å². The van der Waals surface area contributed by atoms with Crippen molar-refractivity contribution < 1.29 is 0 Å².